The number of nitrogens with zero attached hydrogens (tertiary/aromatic N) is 2. The van der Waals surface area contributed by atoms with Gasteiger partial charge in [0.25, 0.3) is 5.91 Å². The molecule has 0 fully saturated rings. The van der Waals surface area contributed by atoms with Gasteiger partial charge in [0.1, 0.15) is 11.6 Å². The maximum absolute atomic E-state index is 12.6. The molecule has 0 aliphatic heterocycles. The molecule has 0 atom stereocenters. The first-order chi connectivity index (χ1) is 14.7. The molecular formula is C25H22N4O. The first-order valence-corrected chi connectivity index (χ1v) is 9.85. The number of para-hydroxylation sites is 2. The van der Waals surface area contributed by atoms with Crippen LogP contribution in [-0.4, -0.2) is 22.0 Å². The summed E-state index contributed by atoms with van der Waals surface area (Å²) < 4.78 is 1.98. The number of hydrogen-bond acceptors (Lipinski definition) is 2. The highest BCUT2D eigenvalue weighted by molar-refractivity contribution is 6.01. The first-order valence-electron chi connectivity index (χ1n) is 9.85. The number of fused-ring (bicyclic) bond motifs is 1. The smallest absolute Gasteiger partial charge is 0.262 e. The summed E-state index contributed by atoms with van der Waals surface area (Å²) in [4.78, 5) is 15.8. The minimum atomic E-state index is -0.366. The van der Waals surface area contributed by atoms with E-state index in [9.17, 15) is 10.1 Å². The summed E-state index contributed by atoms with van der Waals surface area (Å²) in [7, 11) is 0. The van der Waals surface area contributed by atoms with E-state index in [0.717, 1.165) is 33.4 Å². The van der Waals surface area contributed by atoms with Gasteiger partial charge in [0.2, 0.25) is 0 Å². The molecule has 5 nitrogen and oxygen atoms in total. The summed E-state index contributed by atoms with van der Waals surface area (Å²) >= 11 is 0. The van der Waals surface area contributed by atoms with Crippen molar-refractivity contribution in [2.45, 2.75) is 13.3 Å². The highest BCUT2D eigenvalue weighted by atomic mass is 16.1. The van der Waals surface area contributed by atoms with Crippen LogP contribution in [0.1, 0.15) is 16.8 Å². The second-order valence-corrected chi connectivity index (χ2v) is 7.12. The molecule has 0 unspecified atom stereocenters. The number of hydrogen-bond donors (Lipinski definition) is 2. The van der Waals surface area contributed by atoms with Crippen molar-refractivity contribution in [2.24, 2.45) is 0 Å². The Morgan fingerprint density at radius 2 is 1.93 bits per heavy atom. The lowest BCUT2D eigenvalue weighted by molar-refractivity contribution is -0.117. The van der Waals surface area contributed by atoms with Crippen molar-refractivity contribution in [1.82, 2.24) is 14.9 Å². The van der Waals surface area contributed by atoms with Crippen LogP contribution in [0.3, 0.4) is 0 Å². The van der Waals surface area contributed by atoms with Gasteiger partial charge in [0.15, 0.2) is 0 Å². The fourth-order valence-electron chi connectivity index (χ4n) is 3.61. The molecule has 1 amide bonds. The SMILES string of the molecule is Cc1ccccc1-n1cccc1/C=C(/C#N)C(=O)NCCc1c[nH]c2ccccc12. The van der Waals surface area contributed by atoms with E-state index in [1.54, 1.807) is 6.08 Å². The molecule has 5 heteroatoms. The van der Waals surface area contributed by atoms with Crippen LogP contribution in [0, 0.1) is 18.3 Å². The van der Waals surface area contributed by atoms with Gasteiger partial charge in [-0.25, -0.2) is 0 Å². The van der Waals surface area contributed by atoms with Gasteiger partial charge < -0.3 is 14.9 Å². The van der Waals surface area contributed by atoms with E-state index >= 15 is 0 Å². The van der Waals surface area contributed by atoms with Gasteiger partial charge in [-0.3, -0.25) is 4.79 Å². The van der Waals surface area contributed by atoms with Crippen molar-refractivity contribution in [3.8, 4) is 11.8 Å². The van der Waals surface area contributed by atoms with E-state index in [0.29, 0.717) is 13.0 Å². The number of nitrogens with one attached hydrogen (secondary N) is 2. The normalized spacial score (nSPS) is 11.4. The fraction of sp³-hybridized carbons (Fsp3) is 0.120. The number of carbonyl (C=O) groups excluding carboxylic acids is 1. The van der Waals surface area contributed by atoms with Crippen molar-refractivity contribution < 1.29 is 4.79 Å². The molecular weight excluding hydrogens is 372 g/mol. The van der Waals surface area contributed by atoms with Gasteiger partial charge in [-0.2, -0.15) is 5.26 Å². The third kappa shape index (κ3) is 3.89. The molecule has 0 radical (unpaired) electrons. The lowest BCUT2D eigenvalue weighted by Gasteiger charge is -2.10. The highest BCUT2D eigenvalue weighted by Crippen LogP contribution is 2.19. The van der Waals surface area contributed by atoms with Gasteiger partial charge in [0, 0.05) is 41.2 Å². The average molecular weight is 394 g/mol. The predicted octanol–water partition coefficient (Wildman–Crippen LogP) is 4.53. The molecule has 0 spiro atoms. The Balaban J connectivity index is 1.47. The summed E-state index contributed by atoms with van der Waals surface area (Å²) in [6.07, 6.45) is 6.21. The third-order valence-corrected chi connectivity index (χ3v) is 5.17. The molecule has 2 N–H and O–H groups in total. The first kappa shape index (κ1) is 19.3. The fourth-order valence-corrected chi connectivity index (χ4v) is 3.61. The van der Waals surface area contributed by atoms with Crippen molar-refractivity contribution in [1.29, 1.82) is 5.26 Å². The van der Waals surface area contributed by atoms with E-state index in [1.807, 2.05) is 84.6 Å². The van der Waals surface area contributed by atoms with E-state index < -0.39 is 0 Å². The van der Waals surface area contributed by atoms with Crippen LogP contribution in [0.25, 0.3) is 22.7 Å². The molecule has 0 aliphatic rings. The molecule has 0 bridgehead atoms. The zero-order chi connectivity index (χ0) is 20.9. The van der Waals surface area contributed by atoms with Crippen LogP contribution in [0.4, 0.5) is 0 Å². The Hall–Kier alpha value is -4.04. The number of carbonyl (C=O) groups is 1. The Kier molecular flexibility index (Phi) is 5.49. The van der Waals surface area contributed by atoms with Crippen molar-refractivity contribution in [2.75, 3.05) is 6.54 Å². The monoisotopic (exact) mass is 394 g/mol. The number of rotatable bonds is 6. The maximum atomic E-state index is 12.6. The summed E-state index contributed by atoms with van der Waals surface area (Å²) in [5.74, 6) is -0.366. The highest BCUT2D eigenvalue weighted by Gasteiger charge is 2.12. The van der Waals surface area contributed by atoms with Gasteiger partial charge in [-0.05, 0) is 54.8 Å². The number of aromatic amines is 1. The molecule has 0 saturated heterocycles. The van der Waals surface area contributed by atoms with E-state index in [1.165, 1.54) is 0 Å². The summed E-state index contributed by atoms with van der Waals surface area (Å²) in [6, 6.07) is 21.9. The third-order valence-electron chi connectivity index (χ3n) is 5.17. The van der Waals surface area contributed by atoms with Crippen LogP contribution < -0.4 is 5.32 Å². The molecule has 2 aromatic heterocycles. The lowest BCUT2D eigenvalue weighted by Crippen LogP contribution is -2.26. The van der Waals surface area contributed by atoms with Gasteiger partial charge in [-0.15, -0.1) is 0 Å². The summed E-state index contributed by atoms with van der Waals surface area (Å²) in [5.41, 5.74) is 5.22. The summed E-state index contributed by atoms with van der Waals surface area (Å²) in [6.45, 7) is 2.49. The molecule has 148 valence electrons. The predicted molar refractivity (Wildman–Crippen MR) is 119 cm³/mol. The molecule has 2 heterocycles. The number of benzene rings is 2. The Morgan fingerprint density at radius 1 is 1.13 bits per heavy atom. The lowest BCUT2D eigenvalue weighted by atomic mass is 10.1. The van der Waals surface area contributed by atoms with Crippen molar-refractivity contribution >= 4 is 22.9 Å². The van der Waals surface area contributed by atoms with Crippen LogP contribution in [0.15, 0.2) is 78.6 Å². The number of aromatic nitrogens is 2. The zero-order valence-electron chi connectivity index (χ0n) is 16.7. The number of aryl methyl sites for hydroxylation is 1. The largest absolute Gasteiger partial charge is 0.361 e. The second-order valence-electron chi connectivity index (χ2n) is 7.12. The van der Waals surface area contributed by atoms with Gasteiger partial charge >= 0.3 is 0 Å². The quantitative estimate of drug-likeness (QED) is 0.372. The molecule has 4 aromatic rings. The van der Waals surface area contributed by atoms with Crippen LogP contribution in [-0.2, 0) is 11.2 Å². The molecule has 0 saturated carbocycles. The number of amides is 1. The Labute approximate surface area is 175 Å². The molecule has 2 aromatic carbocycles. The average Bonchev–Trinajstić information content (AvgIpc) is 3.39. The topological polar surface area (TPSA) is 73.6 Å². The Bertz CT molecular complexity index is 1270. The van der Waals surface area contributed by atoms with Crippen LogP contribution in [0.5, 0.6) is 0 Å². The number of H-pyrrole nitrogens is 1. The standard InChI is InChI=1S/C25H22N4O/c1-18-7-2-5-11-24(18)29-14-6-8-21(29)15-20(16-26)25(30)27-13-12-19-17-28-23-10-4-3-9-22(19)23/h2-11,14-15,17,28H,12-13H2,1H3,(H,27,30)/b20-15-. The molecule has 30 heavy (non-hydrogen) atoms. The maximum Gasteiger partial charge on any atom is 0.262 e. The van der Waals surface area contributed by atoms with Crippen LogP contribution in [0.2, 0.25) is 0 Å². The van der Waals surface area contributed by atoms with E-state index in [4.69, 9.17) is 0 Å². The number of nitriles is 1. The minimum absolute atomic E-state index is 0.0856. The minimum Gasteiger partial charge on any atom is -0.361 e. The van der Waals surface area contributed by atoms with E-state index in [-0.39, 0.29) is 11.5 Å². The van der Waals surface area contributed by atoms with Gasteiger partial charge in [0.05, 0.1) is 0 Å². The Morgan fingerprint density at radius 3 is 2.77 bits per heavy atom. The second kappa shape index (κ2) is 8.54. The van der Waals surface area contributed by atoms with E-state index in [2.05, 4.69) is 16.4 Å². The van der Waals surface area contributed by atoms with Crippen LogP contribution >= 0.6 is 0 Å². The zero-order valence-corrected chi connectivity index (χ0v) is 16.7. The van der Waals surface area contributed by atoms with Crippen molar-refractivity contribution in [3.05, 3.63) is 95.5 Å². The molecule has 0 aliphatic carbocycles. The summed E-state index contributed by atoms with van der Waals surface area (Å²) in [5, 5.41) is 13.6. The van der Waals surface area contributed by atoms with Crippen molar-refractivity contribution in [3.63, 3.8) is 0 Å². The van der Waals surface area contributed by atoms with Gasteiger partial charge in [-0.1, -0.05) is 36.4 Å². The molecule has 4 rings (SSSR count).